The highest BCUT2D eigenvalue weighted by molar-refractivity contribution is 8.01. The van der Waals surface area contributed by atoms with Gasteiger partial charge in [0.1, 0.15) is 0 Å². The third-order valence-electron chi connectivity index (χ3n) is 4.70. The first kappa shape index (κ1) is 16.6. The monoisotopic (exact) mass is 373 g/mol. The van der Waals surface area contributed by atoms with Crippen molar-refractivity contribution in [2.75, 3.05) is 17.6 Å². The van der Waals surface area contributed by atoms with Crippen LogP contribution in [0.3, 0.4) is 0 Å². The molecule has 25 heavy (non-hydrogen) atoms. The minimum Gasteiger partial charge on any atom is -0.319 e. The fourth-order valence-corrected chi connectivity index (χ4v) is 5.59. The SMILES string of the molecule is Cc1ccc(Cc2cnc(NC(=O)C34CCC(=O)N3CCS4)s2)cc1. The van der Waals surface area contributed by atoms with E-state index in [1.165, 1.54) is 22.5 Å². The third kappa shape index (κ3) is 3.06. The number of amides is 2. The molecule has 0 spiro atoms. The van der Waals surface area contributed by atoms with Crippen LogP contribution in [0.25, 0.3) is 0 Å². The number of hydrogen-bond acceptors (Lipinski definition) is 5. The molecule has 1 N–H and O–H groups in total. The Bertz CT molecular complexity index is 818. The molecule has 2 amide bonds. The molecule has 130 valence electrons. The Balaban J connectivity index is 1.45. The Hall–Kier alpha value is -1.86. The first-order chi connectivity index (χ1) is 12.1. The molecule has 1 unspecified atom stereocenters. The van der Waals surface area contributed by atoms with E-state index in [9.17, 15) is 9.59 Å². The minimum absolute atomic E-state index is 0.0827. The molecular formula is C18H19N3O2S2. The molecule has 2 aliphatic rings. The zero-order valence-electron chi connectivity index (χ0n) is 13.9. The van der Waals surface area contributed by atoms with Gasteiger partial charge in [-0.3, -0.25) is 14.9 Å². The molecular weight excluding hydrogens is 354 g/mol. The van der Waals surface area contributed by atoms with E-state index < -0.39 is 4.87 Å². The second kappa shape index (κ2) is 6.46. The van der Waals surface area contributed by atoms with Crippen LogP contribution in [0, 0.1) is 6.92 Å². The van der Waals surface area contributed by atoms with Crippen LogP contribution in [0.15, 0.2) is 30.5 Å². The molecule has 7 heteroatoms. The van der Waals surface area contributed by atoms with E-state index >= 15 is 0 Å². The summed E-state index contributed by atoms with van der Waals surface area (Å²) in [6.45, 7) is 2.73. The summed E-state index contributed by atoms with van der Waals surface area (Å²) in [7, 11) is 0. The Labute approximate surface area is 154 Å². The molecule has 2 aromatic rings. The third-order valence-corrected chi connectivity index (χ3v) is 7.09. The van der Waals surface area contributed by atoms with Crippen LogP contribution in [0.1, 0.15) is 28.8 Å². The number of rotatable bonds is 4. The van der Waals surface area contributed by atoms with E-state index in [-0.39, 0.29) is 11.8 Å². The largest absolute Gasteiger partial charge is 0.319 e. The second-order valence-electron chi connectivity index (χ2n) is 6.43. The molecule has 4 rings (SSSR count). The number of aryl methyl sites for hydroxylation is 1. The quantitative estimate of drug-likeness (QED) is 0.895. The number of anilines is 1. The van der Waals surface area contributed by atoms with Gasteiger partial charge in [0.25, 0.3) is 5.91 Å². The molecule has 2 saturated heterocycles. The van der Waals surface area contributed by atoms with Crippen LogP contribution in [-0.4, -0.2) is 38.9 Å². The number of carbonyl (C=O) groups is 2. The first-order valence-corrected chi connectivity index (χ1v) is 10.1. The van der Waals surface area contributed by atoms with Gasteiger partial charge in [-0.05, 0) is 18.9 Å². The predicted molar refractivity (Wildman–Crippen MR) is 101 cm³/mol. The summed E-state index contributed by atoms with van der Waals surface area (Å²) >= 11 is 3.07. The zero-order valence-corrected chi connectivity index (χ0v) is 15.6. The van der Waals surface area contributed by atoms with Gasteiger partial charge < -0.3 is 4.90 Å². The fraction of sp³-hybridized carbons (Fsp3) is 0.389. The second-order valence-corrected chi connectivity index (χ2v) is 8.91. The molecule has 1 atom stereocenters. The highest BCUT2D eigenvalue weighted by atomic mass is 32.2. The van der Waals surface area contributed by atoms with Gasteiger partial charge in [0, 0.05) is 36.2 Å². The average Bonchev–Trinajstić information content (AvgIpc) is 3.28. The van der Waals surface area contributed by atoms with Crippen molar-refractivity contribution in [2.24, 2.45) is 0 Å². The van der Waals surface area contributed by atoms with Crippen LogP contribution in [0.2, 0.25) is 0 Å². The Morgan fingerprint density at radius 2 is 2.16 bits per heavy atom. The van der Waals surface area contributed by atoms with Crippen molar-refractivity contribution >= 4 is 40.0 Å². The van der Waals surface area contributed by atoms with E-state index in [0.29, 0.717) is 24.5 Å². The average molecular weight is 374 g/mol. The summed E-state index contributed by atoms with van der Waals surface area (Å²) < 4.78 is 0. The Morgan fingerprint density at radius 3 is 2.96 bits per heavy atom. The summed E-state index contributed by atoms with van der Waals surface area (Å²) in [5, 5.41) is 3.54. The summed E-state index contributed by atoms with van der Waals surface area (Å²) in [4.78, 5) is 31.2. The van der Waals surface area contributed by atoms with Gasteiger partial charge >= 0.3 is 0 Å². The number of benzene rings is 1. The predicted octanol–water partition coefficient (Wildman–Crippen LogP) is 3.05. The van der Waals surface area contributed by atoms with Crippen molar-refractivity contribution in [2.45, 2.75) is 31.1 Å². The Kier molecular flexibility index (Phi) is 4.29. The lowest BCUT2D eigenvalue weighted by molar-refractivity contribution is -0.133. The Morgan fingerprint density at radius 1 is 1.36 bits per heavy atom. The zero-order chi connectivity index (χ0) is 17.4. The van der Waals surface area contributed by atoms with E-state index in [1.807, 2.05) is 6.20 Å². The van der Waals surface area contributed by atoms with Crippen molar-refractivity contribution < 1.29 is 9.59 Å². The topological polar surface area (TPSA) is 62.3 Å². The maximum Gasteiger partial charge on any atom is 0.262 e. The van der Waals surface area contributed by atoms with Gasteiger partial charge in [0.05, 0.1) is 0 Å². The lowest BCUT2D eigenvalue weighted by atomic mass is 10.1. The van der Waals surface area contributed by atoms with Crippen LogP contribution >= 0.6 is 23.1 Å². The van der Waals surface area contributed by atoms with Crippen LogP contribution in [0.4, 0.5) is 5.13 Å². The number of thioether (sulfide) groups is 1. The summed E-state index contributed by atoms with van der Waals surface area (Å²) in [6.07, 6.45) is 3.66. The normalized spacial score (nSPS) is 22.3. The first-order valence-electron chi connectivity index (χ1n) is 8.33. The van der Waals surface area contributed by atoms with Gasteiger partial charge in [-0.15, -0.1) is 23.1 Å². The van der Waals surface area contributed by atoms with Gasteiger partial charge in [0.15, 0.2) is 10.0 Å². The van der Waals surface area contributed by atoms with E-state index in [1.54, 1.807) is 16.7 Å². The van der Waals surface area contributed by atoms with E-state index in [0.717, 1.165) is 17.1 Å². The molecule has 0 aliphatic carbocycles. The van der Waals surface area contributed by atoms with Crippen molar-refractivity contribution in [3.63, 3.8) is 0 Å². The van der Waals surface area contributed by atoms with Crippen LogP contribution < -0.4 is 5.32 Å². The van der Waals surface area contributed by atoms with E-state index in [2.05, 4.69) is 41.5 Å². The molecule has 0 radical (unpaired) electrons. The summed E-state index contributed by atoms with van der Waals surface area (Å²) in [6, 6.07) is 8.43. The number of nitrogens with zero attached hydrogens (tertiary/aromatic N) is 2. The molecule has 0 saturated carbocycles. The summed E-state index contributed by atoms with van der Waals surface area (Å²) in [5.41, 5.74) is 2.47. The fourth-order valence-electron chi connectivity index (χ4n) is 3.36. The van der Waals surface area contributed by atoms with Crippen molar-refractivity contribution in [1.82, 2.24) is 9.88 Å². The molecule has 1 aromatic heterocycles. The van der Waals surface area contributed by atoms with Crippen LogP contribution in [0.5, 0.6) is 0 Å². The number of hydrogen-bond donors (Lipinski definition) is 1. The van der Waals surface area contributed by atoms with Crippen LogP contribution in [-0.2, 0) is 16.0 Å². The molecule has 2 aliphatic heterocycles. The molecule has 3 heterocycles. The van der Waals surface area contributed by atoms with Crippen molar-refractivity contribution in [3.05, 3.63) is 46.5 Å². The lowest BCUT2D eigenvalue weighted by Crippen LogP contribution is -2.48. The van der Waals surface area contributed by atoms with Crippen molar-refractivity contribution in [1.29, 1.82) is 0 Å². The number of nitrogens with one attached hydrogen (secondary N) is 1. The minimum atomic E-state index is -0.722. The molecule has 2 fully saturated rings. The van der Waals surface area contributed by atoms with Gasteiger partial charge in [-0.25, -0.2) is 4.98 Å². The lowest BCUT2D eigenvalue weighted by Gasteiger charge is -2.28. The number of thiazole rings is 1. The molecule has 5 nitrogen and oxygen atoms in total. The van der Waals surface area contributed by atoms with Gasteiger partial charge in [-0.1, -0.05) is 29.8 Å². The highest BCUT2D eigenvalue weighted by Gasteiger charge is 2.54. The number of fused-ring (bicyclic) bond motifs is 1. The maximum absolute atomic E-state index is 12.8. The standard InChI is InChI=1S/C18H19N3O2S2/c1-12-2-4-13(5-3-12)10-14-11-19-17(25-14)20-16(23)18-7-6-15(22)21(18)8-9-24-18/h2-5,11H,6-10H2,1H3,(H,19,20,23). The number of aromatic nitrogens is 1. The highest BCUT2D eigenvalue weighted by Crippen LogP contribution is 2.45. The molecule has 0 bridgehead atoms. The van der Waals surface area contributed by atoms with Crippen molar-refractivity contribution in [3.8, 4) is 0 Å². The van der Waals surface area contributed by atoms with Gasteiger partial charge in [-0.2, -0.15) is 0 Å². The number of carbonyl (C=O) groups excluding carboxylic acids is 2. The van der Waals surface area contributed by atoms with E-state index in [4.69, 9.17) is 0 Å². The molecule has 1 aromatic carbocycles. The smallest absolute Gasteiger partial charge is 0.262 e. The van der Waals surface area contributed by atoms with Gasteiger partial charge in [0.2, 0.25) is 5.91 Å². The maximum atomic E-state index is 12.8. The summed E-state index contributed by atoms with van der Waals surface area (Å²) in [5.74, 6) is 0.784.